The van der Waals surface area contributed by atoms with Crippen LogP contribution in [0, 0.1) is 0 Å². The molecular formula is C21H23N3O6. The zero-order chi connectivity index (χ0) is 21.7. The fraction of sp³-hybridized carbons (Fsp3) is 0.286. The molecule has 9 nitrogen and oxygen atoms in total. The number of nitrogens with zero attached hydrogens (tertiary/aromatic N) is 1. The molecule has 1 aliphatic rings. The highest BCUT2D eigenvalue weighted by Gasteiger charge is 2.32. The molecule has 0 aliphatic carbocycles. The number of rotatable bonds is 7. The van der Waals surface area contributed by atoms with Crippen LogP contribution in [0.2, 0.25) is 0 Å². The third-order valence-corrected chi connectivity index (χ3v) is 4.52. The van der Waals surface area contributed by atoms with Crippen LogP contribution in [0.25, 0.3) is 0 Å². The summed E-state index contributed by atoms with van der Waals surface area (Å²) in [6, 6.07) is 10.5. The van der Waals surface area contributed by atoms with Crippen LogP contribution in [0.5, 0.6) is 17.2 Å². The Balaban J connectivity index is 2.05. The van der Waals surface area contributed by atoms with Gasteiger partial charge in [-0.1, -0.05) is 12.1 Å². The molecule has 3 rings (SSSR count). The third kappa shape index (κ3) is 4.62. The van der Waals surface area contributed by atoms with Crippen LogP contribution in [0.4, 0.5) is 5.69 Å². The summed E-state index contributed by atoms with van der Waals surface area (Å²) in [6.07, 6.45) is 0. The van der Waals surface area contributed by atoms with Gasteiger partial charge < -0.3 is 25.3 Å². The van der Waals surface area contributed by atoms with Crippen molar-refractivity contribution in [1.29, 1.82) is 0 Å². The Labute approximate surface area is 173 Å². The molecule has 158 valence electrons. The number of ether oxygens (including phenoxy) is 3. The van der Waals surface area contributed by atoms with Crippen molar-refractivity contribution in [2.45, 2.75) is 13.0 Å². The average Bonchev–Trinajstić information content (AvgIpc) is 2.75. The first-order valence-corrected chi connectivity index (χ1v) is 9.30. The van der Waals surface area contributed by atoms with Crippen molar-refractivity contribution in [3.8, 4) is 17.2 Å². The molecule has 0 spiro atoms. The molecule has 0 bridgehead atoms. The normalized spacial score (nSPS) is 13.1. The Morgan fingerprint density at radius 2 is 1.77 bits per heavy atom. The molecular weight excluding hydrogens is 390 g/mol. The highest BCUT2D eigenvalue weighted by atomic mass is 16.6. The van der Waals surface area contributed by atoms with Gasteiger partial charge in [-0.25, -0.2) is 0 Å². The predicted octanol–water partition coefficient (Wildman–Crippen LogP) is 1.16. The number of hydrogen-bond acceptors (Lipinski definition) is 6. The number of amides is 3. The van der Waals surface area contributed by atoms with Gasteiger partial charge in [0, 0.05) is 18.7 Å². The summed E-state index contributed by atoms with van der Waals surface area (Å²) in [4.78, 5) is 38.1. The molecule has 2 aromatic carbocycles. The first-order valence-electron chi connectivity index (χ1n) is 9.30. The maximum atomic E-state index is 13.1. The number of fused-ring (bicyclic) bond motifs is 1. The molecule has 1 aliphatic heterocycles. The zero-order valence-corrected chi connectivity index (χ0v) is 16.7. The van der Waals surface area contributed by atoms with Crippen LogP contribution in [0.1, 0.15) is 18.5 Å². The van der Waals surface area contributed by atoms with Crippen LogP contribution in [-0.2, 0) is 14.4 Å². The minimum Gasteiger partial charge on any atom is -0.497 e. The van der Waals surface area contributed by atoms with Crippen molar-refractivity contribution in [3.05, 3.63) is 48.0 Å². The molecule has 1 heterocycles. The maximum Gasteiger partial charge on any atom is 0.247 e. The van der Waals surface area contributed by atoms with Gasteiger partial charge in [0.25, 0.3) is 0 Å². The third-order valence-electron chi connectivity index (χ3n) is 4.52. The van der Waals surface area contributed by atoms with Gasteiger partial charge in [-0.3, -0.25) is 19.3 Å². The predicted molar refractivity (Wildman–Crippen MR) is 109 cm³/mol. The summed E-state index contributed by atoms with van der Waals surface area (Å²) in [6.45, 7) is 1.79. The molecule has 9 heteroatoms. The summed E-state index contributed by atoms with van der Waals surface area (Å²) in [7, 11) is 1.53. The summed E-state index contributed by atoms with van der Waals surface area (Å²) in [5.41, 5.74) is 6.58. The second kappa shape index (κ2) is 9.17. The standard InChI is InChI=1S/C21H23N3O6/c1-13(25)23-12-19(26)24(15-5-8-17-18(11-15)30-10-9-29-17)20(21(22)27)14-3-6-16(28-2)7-4-14/h3-8,11,20H,9-10,12H2,1-2H3,(H2,22,27)(H,23,25). The van der Waals surface area contributed by atoms with Gasteiger partial charge in [0.15, 0.2) is 11.5 Å². The molecule has 3 N–H and O–H groups in total. The van der Waals surface area contributed by atoms with Gasteiger partial charge in [-0.05, 0) is 29.8 Å². The Morgan fingerprint density at radius 3 is 2.37 bits per heavy atom. The van der Waals surface area contributed by atoms with E-state index in [1.165, 1.54) is 18.9 Å². The Bertz CT molecular complexity index is 944. The number of nitrogens with two attached hydrogens (primary N) is 1. The van der Waals surface area contributed by atoms with E-state index in [1.807, 2.05) is 0 Å². The van der Waals surface area contributed by atoms with Crippen LogP contribution < -0.4 is 30.2 Å². The molecule has 1 atom stereocenters. The number of primary amides is 1. The van der Waals surface area contributed by atoms with Crippen molar-refractivity contribution < 1.29 is 28.6 Å². The second-order valence-corrected chi connectivity index (χ2v) is 6.58. The van der Waals surface area contributed by atoms with Gasteiger partial charge >= 0.3 is 0 Å². The molecule has 30 heavy (non-hydrogen) atoms. The van der Waals surface area contributed by atoms with E-state index in [4.69, 9.17) is 19.9 Å². The zero-order valence-electron chi connectivity index (χ0n) is 16.7. The fourth-order valence-corrected chi connectivity index (χ4v) is 3.13. The van der Waals surface area contributed by atoms with Crippen molar-refractivity contribution >= 4 is 23.4 Å². The van der Waals surface area contributed by atoms with Gasteiger partial charge in [-0.15, -0.1) is 0 Å². The SMILES string of the molecule is COc1ccc(C(C(N)=O)N(C(=O)CNC(C)=O)c2ccc3c(c2)OCCO3)cc1. The number of carbonyl (C=O) groups excluding carboxylic acids is 3. The van der Waals surface area contributed by atoms with E-state index in [0.29, 0.717) is 41.7 Å². The maximum absolute atomic E-state index is 13.1. The van der Waals surface area contributed by atoms with Crippen molar-refractivity contribution in [2.75, 3.05) is 31.8 Å². The summed E-state index contributed by atoms with van der Waals surface area (Å²) in [5, 5.41) is 2.46. The van der Waals surface area contributed by atoms with Crippen LogP contribution in [-0.4, -0.2) is 44.6 Å². The van der Waals surface area contributed by atoms with Gasteiger partial charge in [0.05, 0.1) is 13.7 Å². The van der Waals surface area contributed by atoms with Gasteiger partial charge in [0.1, 0.15) is 25.0 Å². The van der Waals surface area contributed by atoms with Crippen LogP contribution >= 0.6 is 0 Å². The molecule has 0 fully saturated rings. The molecule has 1 unspecified atom stereocenters. The van der Waals surface area contributed by atoms with Crippen LogP contribution in [0.3, 0.4) is 0 Å². The molecule has 0 saturated heterocycles. The van der Waals surface area contributed by atoms with E-state index >= 15 is 0 Å². The van der Waals surface area contributed by atoms with Crippen molar-refractivity contribution in [1.82, 2.24) is 5.32 Å². The van der Waals surface area contributed by atoms with E-state index in [0.717, 1.165) is 0 Å². The number of nitrogens with one attached hydrogen (secondary N) is 1. The molecule has 0 saturated carbocycles. The lowest BCUT2D eigenvalue weighted by Gasteiger charge is -2.31. The van der Waals surface area contributed by atoms with E-state index < -0.39 is 17.9 Å². The Morgan fingerprint density at radius 1 is 1.10 bits per heavy atom. The first-order chi connectivity index (χ1) is 14.4. The van der Waals surface area contributed by atoms with Gasteiger partial charge in [-0.2, -0.15) is 0 Å². The molecule has 2 aromatic rings. The lowest BCUT2D eigenvalue weighted by atomic mass is 10.0. The quantitative estimate of drug-likeness (QED) is 0.703. The molecule has 0 aromatic heterocycles. The summed E-state index contributed by atoms with van der Waals surface area (Å²) < 4.78 is 16.3. The summed E-state index contributed by atoms with van der Waals surface area (Å²) in [5.74, 6) is -0.0240. The average molecular weight is 413 g/mol. The Hall–Kier alpha value is -3.75. The van der Waals surface area contributed by atoms with Gasteiger partial charge in [0.2, 0.25) is 17.7 Å². The lowest BCUT2D eigenvalue weighted by Crippen LogP contribution is -2.46. The number of methoxy groups -OCH3 is 1. The number of carbonyl (C=O) groups is 3. The Kier molecular flexibility index (Phi) is 6.41. The van der Waals surface area contributed by atoms with E-state index in [1.54, 1.807) is 42.5 Å². The summed E-state index contributed by atoms with van der Waals surface area (Å²) >= 11 is 0. The number of benzene rings is 2. The number of hydrogen-bond donors (Lipinski definition) is 2. The highest BCUT2D eigenvalue weighted by Crippen LogP contribution is 2.37. The van der Waals surface area contributed by atoms with Crippen LogP contribution in [0.15, 0.2) is 42.5 Å². The largest absolute Gasteiger partial charge is 0.497 e. The fourth-order valence-electron chi connectivity index (χ4n) is 3.13. The van der Waals surface area contributed by atoms with E-state index in [-0.39, 0.29) is 12.5 Å². The number of anilines is 1. The second-order valence-electron chi connectivity index (χ2n) is 6.58. The first kappa shape index (κ1) is 21.0. The minimum atomic E-state index is -1.11. The lowest BCUT2D eigenvalue weighted by molar-refractivity contribution is -0.126. The van der Waals surface area contributed by atoms with E-state index in [2.05, 4.69) is 5.32 Å². The van der Waals surface area contributed by atoms with E-state index in [9.17, 15) is 14.4 Å². The minimum absolute atomic E-state index is 0.302. The van der Waals surface area contributed by atoms with Crippen molar-refractivity contribution in [2.24, 2.45) is 5.73 Å². The highest BCUT2D eigenvalue weighted by molar-refractivity contribution is 6.03. The monoisotopic (exact) mass is 413 g/mol. The smallest absolute Gasteiger partial charge is 0.247 e. The molecule has 0 radical (unpaired) electrons. The molecule has 3 amide bonds. The van der Waals surface area contributed by atoms with Crippen molar-refractivity contribution in [3.63, 3.8) is 0 Å². The topological polar surface area (TPSA) is 120 Å².